The molecule has 0 bridgehead atoms. The van der Waals surface area contributed by atoms with Crippen LogP contribution in [0.4, 0.5) is 10.1 Å². The number of rotatable bonds is 3. The Hall–Kier alpha value is -1.42. The summed E-state index contributed by atoms with van der Waals surface area (Å²) in [6.45, 7) is 0. The summed E-state index contributed by atoms with van der Waals surface area (Å²) in [6, 6.07) is 3.53. The highest BCUT2D eigenvalue weighted by Gasteiger charge is 2.27. The number of hydrogen-bond donors (Lipinski definition) is 2. The number of hydrogen-bond acceptors (Lipinski definition) is 2. The van der Waals surface area contributed by atoms with Gasteiger partial charge in [-0.1, -0.05) is 19.3 Å². The fraction of sp³-hybridized carbons (Fsp3) is 0.588. The van der Waals surface area contributed by atoms with E-state index in [2.05, 4.69) is 10.6 Å². The Kier molecular flexibility index (Phi) is 4.24. The number of halogens is 1. The van der Waals surface area contributed by atoms with Crippen LogP contribution in [-0.2, 0) is 11.2 Å². The van der Waals surface area contributed by atoms with Crippen molar-refractivity contribution >= 4 is 11.6 Å². The van der Waals surface area contributed by atoms with Crippen LogP contribution in [0.1, 0.15) is 55.7 Å². The second-order valence-electron chi connectivity index (χ2n) is 6.24. The molecule has 3 nitrogen and oxygen atoms in total. The molecule has 0 spiro atoms. The second-order valence-corrected chi connectivity index (χ2v) is 6.24. The van der Waals surface area contributed by atoms with E-state index in [1.165, 1.54) is 38.2 Å². The summed E-state index contributed by atoms with van der Waals surface area (Å²) in [4.78, 5) is 11.4. The SMILES string of the molecule is CNC(c1cc2c(cc1F)NC(=O)CC2)C1CCCCC1. The lowest BCUT2D eigenvalue weighted by molar-refractivity contribution is -0.116. The molecule has 0 radical (unpaired) electrons. The summed E-state index contributed by atoms with van der Waals surface area (Å²) < 4.78 is 14.5. The maximum atomic E-state index is 14.5. The first kappa shape index (κ1) is 14.5. The van der Waals surface area contributed by atoms with Gasteiger partial charge in [0.2, 0.25) is 5.91 Å². The lowest BCUT2D eigenvalue weighted by Gasteiger charge is -2.31. The van der Waals surface area contributed by atoms with Gasteiger partial charge in [0, 0.05) is 23.7 Å². The van der Waals surface area contributed by atoms with Gasteiger partial charge in [0.05, 0.1) is 0 Å². The maximum Gasteiger partial charge on any atom is 0.224 e. The zero-order valence-corrected chi connectivity index (χ0v) is 12.5. The van der Waals surface area contributed by atoms with Crippen LogP contribution in [0.3, 0.4) is 0 Å². The molecular weight excluding hydrogens is 267 g/mol. The van der Waals surface area contributed by atoms with Crippen molar-refractivity contribution in [2.75, 3.05) is 12.4 Å². The van der Waals surface area contributed by atoms with E-state index < -0.39 is 0 Å². The minimum absolute atomic E-state index is 0.0212. The number of benzene rings is 1. The molecule has 1 aliphatic carbocycles. The molecule has 2 N–H and O–H groups in total. The highest BCUT2D eigenvalue weighted by Crippen LogP contribution is 2.37. The zero-order valence-electron chi connectivity index (χ0n) is 12.5. The quantitative estimate of drug-likeness (QED) is 0.894. The molecule has 1 heterocycles. The van der Waals surface area contributed by atoms with E-state index in [-0.39, 0.29) is 17.8 Å². The normalized spacial score (nSPS) is 20.8. The molecule has 1 saturated carbocycles. The number of nitrogens with one attached hydrogen (secondary N) is 2. The smallest absolute Gasteiger partial charge is 0.224 e. The van der Waals surface area contributed by atoms with E-state index in [0.717, 1.165) is 11.1 Å². The van der Waals surface area contributed by atoms with Crippen molar-refractivity contribution in [3.05, 3.63) is 29.1 Å². The molecule has 2 aliphatic rings. The molecule has 0 saturated heterocycles. The fourth-order valence-corrected chi connectivity index (χ4v) is 3.77. The second kappa shape index (κ2) is 6.14. The molecule has 1 unspecified atom stereocenters. The summed E-state index contributed by atoms with van der Waals surface area (Å²) in [7, 11) is 1.92. The van der Waals surface area contributed by atoms with E-state index in [1.807, 2.05) is 13.1 Å². The molecule has 21 heavy (non-hydrogen) atoms. The van der Waals surface area contributed by atoms with Crippen molar-refractivity contribution in [1.29, 1.82) is 0 Å². The van der Waals surface area contributed by atoms with Crippen LogP contribution in [-0.4, -0.2) is 13.0 Å². The monoisotopic (exact) mass is 290 g/mol. The third-order valence-corrected chi connectivity index (χ3v) is 4.89. The molecule has 3 rings (SSSR count). The summed E-state index contributed by atoms with van der Waals surface area (Å²) in [6.07, 6.45) is 7.31. The summed E-state index contributed by atoms with van der Waals surface area (Å²) in [5.74, 6) is 0.280. The van der Waals surface area contributed by atoms with Gasteiger partial charge in [-0.2, -0.15) is 0 Å². The van der Waals surface area contributed by atoms with Crippen molar-refractivity contribution in [3.63, 3.8) is 0 Å². The van der Waals surface area contributed by atoms with E-state index >= 15 is 0 Å². The van der Waals surface area contributed by atoms with E-state index in [4.69, 9.17) is 0 Å². The number of aryl methyl sites for hydroxylation is 1. The van der Waals surface area contributed by atoms with Crippen LogP contribution in [0.5, 0.6) is 0 Å². The molecule has 0 aromatic heterocycles. The Morgan fingerprint density at radius 1 is 1.24 bits per heavy atom. The third-order valence-electron chi connectivity index (χ3n) is 4.89. The van der Waals surface area contributed by atoms with Crippen molar-refractivity contribution in [1.82, 2.24) is 5.32 Å². The van der Waals surface area contributed by atoms with Crippen molar-refractivity contribution in [2.45, 2.75) is 51.0 Å². The summed E-state index contributed by atoms with van der Waals surface area (Å²) in [5, 5.41) is 6.08. The number of anilines is 1. The predicted molar refractivity (Wildman–Crippen MR) is 81.7 cm³/mol. The van der Waals surface area contributed by atoms with Gasteiger partial charge in [0.15, 0.2) is 0 Å². The molecule has 4 heteroatoms. The average molecular weight is 290 g/mol. The highest BCUT2D eigenvalue weighted by atomic mass is 19.1. The molecule has 1 aliphatic heterocycles. The van der Waals surface area contributed by atoms with Crippen LogP contribution < -0.4 is 10.6 Å². The average Bonchev–Trinajstić information content (AvgIpc) is 2.50. The first-order valence-corrected chi connectivity index (χ1v) is 7.98. The van der Waals surface area contributed by atoms with Crippen LogP contribution >= 0.6 is 0 Å². The molecule has 114 valence electrons. The Labute approximate surface area is 125 Å². The molecule has 1 aromatic carbocycles. The van der Waals surface area contributed by atoms with E-state index in [9.17, 15) is 9.18 Å². The molecule has 1 atom stereocenters. The van der Waals surface area contributed by atoms with Gasteiger partial charge >= 0.3 is 0 Å². The molecule has 1 amide bonds. The standard InChI is InChI=1S/C17H23FN2O/c1-19-17(11-5-3-2-4-6-11)13-9-12-7-8-16(21)20-15(12)10-14(13)18/h9-11,17,19H,2-8H2,1H3,(H,20,21). The van der Waals surface area contributed by atoms with Crippen LogP contribution in [0.25, 0.3) is 0 Å². The molecule has 1 fully saturated rings. The maximum absolute atomic E-state index is 14.5. The molecular formula is C17H23FN2O. The zero-order chi connectivity index (χ0) is 14.8. The predicted octanol–water partition coefficient (Wildman–Crippen LogP) is 3.55. The van der Waals surface area contributed by atoms with Gasteiger partial charge < -0.3 is 10.6 Å². The highest BCUT2D eigenvalue weighted by molar-refractivity contribution is 5.93. The minimum Gasteiger partial charge on any atom is -0.326 e. The summed E-state index contributed by atoms with van der Waals surface area (Å²) in [5.41, 5.74) is 2.47. The van der Waals surface area contributed by atoms with Gasteiger partial charge in [-0.25, -0.2) is 4.39 Å². The Bertz CT molecular complexity index is 538. The Morgan fingerprint density at radius 3 is 2.71 bits per heavy atom. The number of carbonyl (C=O) groups excluding carboxylic acids is 1. The van der Waals surface area contributed by atoms with E-state index in [0.29, 0.717) is 24.4 Å². The number of amides is 1. The van der Waals surface area contributed by atoms with Gasteiger partial charge in [-0.15, -0.1) is 0 Å². The first-order chi connectivity index (χ1) is 10.2. The van der Waals surface area contributed by atoms with Gasteiger partial charge in [0.25, 0.3) is 0 Å². The Morgan fingerprint density at radius 2 is 2.00 bits per heavy atom. The lowest BCUT2D eigenvalue weighted by atomic mass is 9.80. The van der Waals surface area contributed by atoms with Crippen LogP contribution in [0.15, 0.2) is 12.1 Å². The number of fused-ring (bicyclic) bond motifs is 1. The van der Waals surface area contributed by atoms with Gasteiger partial charge in [0.1, 0.15) is 5.82 Å². The number of carbonyl (C=O) groups is 1. The van der Waals surface area contributed by atoms with E-state index in [1.54, 1.807) is 0 Å². The summed E-state index contributed by atoms with van der Waals surface area (Å²) >= 11 is 0. The Balaban J connectivity index is 1.91. The third kappa shape index (κ3) is 2.95. The van der Waals surface area contributed by atoms with Crippen molar-refractivity contribution in [2.24, 2.45) is 5.92 Å². The fourth-order valence-electron chi connectivity index (χ4n) is 3.77. The van der Waals surface area contributed by atoms with Gasteiger partial charge in [-0.05, 0) is 49.9 Å². The topological polar surface area (TPSA) is 41.1 Å². The largest absolute Gasteiger partial charge is 0.326 e. The van der Waals surface area contributed by atoms with Crippen LogP contribution in [0, 0.1) is 11.7 Å². The van der Waals surface area contributed by atoms with Gasteiger partial charge in [-0.3, -0.25) is 4.79 Å². The lowest BCUT2D eigenvalue weighted by Crippen LogP contribution is -2.28. The van der Waals surface area contributed by atoms with Crippen molar-refractivity contribution < 1.29 is 9.18 Å². The van der Waals surface area contributed by atoms with Crippen LogP contribution in [0.2, 0.25) is 0 Å². The van der Waals surface area contributed by atoms with Crippen molar-refractivity contribution in [3.8, 4) is 0 Å². The molecule has 1 aromatic rings. The first-order valence-electron chi connectivity index (χ1n) is 7.98. The minimum atomic E-state index is -0.208.